The van der Waals surface area contributed by atoms with Crippen molar-refractivity contribution >= 4 is 17.3 Å². The summed E-state index contributed by atoms with van der Waals surface area (Å²) in [6.07, 6.45) is 2.26. The number of nitrogens with zero attached hydrogens (tertiary/aromatic N) is 1. The molecule has 2 rings (SSSR count). The molecule has 1 aliphatic heterocycles. The van der Waals surface area contributed by atoms with Crippen LogP contribution >= 0.6 is 11.6 Å². The van der Waals surface area contributed by atoms with E-state index in [4.69, 9.17) is 11.6 Å². The third kappa shape index (κ3) is 3.11. The minimum atomic E-state index is -0.339. The van der Waals surface area contributed by atoms with Crippen molar-refractivity contribution in [3.05, 3.63) is 29.0 Å². The Morgan fingerprint density at radius 3 is 3.06 bits per heavy atom. The maximum absolute atomic E-state index is 13.4. The fraction of sp³-hybridized carbons (Fsp3) is 0.538. The van der Waals surface area contributed by atoms with Gasteiger partial charge < -0.3 is 10.2 Å². The van der Waals surface area contributed by atoms with Gasteiger partial charge in [-0.2, -0.15) is 0 Å². The van der Waals surface area contributed by atoms with Crippen molar-refractivity contribution in [3.8, 4) is 0 Å². The molecule has 1 unspecified atom stereocenters. The normalized spacial score (nSPS) is 19.9. The largest absolute Gasteiger partial charge is 0.370 e. The lowest BCUT2D eigenvalue weighted by molar-refractivity contribution is 0.549. The van der Waals surface area contributed by atoms with Crippen molar-refractivity contribution in [2.75, 3.05) is 24.5 Å². The van der Waals surface area contributed by atoms with Crippen molar-refractivity contribution in [3.63, 3.8) is 0 Å². The van der Waals surface area contributed by atoms with Crippen LogP contribution in [0.15, 0.2) is 18.2 Å². The fourth-order valence-corrected chi connectivity index (χ4v) is 2.31. The third-order valence-corrected chi connectivity index (χ3v) is 3.45. The molecule has 1 heterocycles. The molecule has 1 N–H and O–H groups in total. The van der Waals surface area contributed by atoms with E-state index in [0.29, 0.717) is 6.04 Å². The molecule has 0 aliphatic carbocycles. The van der Waals surface area contributed by atoms with E-state index in [-0.39, 0.29) is 10.8 Å². The molecule has 4 heteroatoms. The third-order valence-electron chi connectivity index (χ3n) is 3.14. The lowest BCUT2D eigenvalue weighted by Crippen LogP contribution is -2.32. The van der Waals surface area contributed by atoms with Gasteiger partial charge >= 0.3 is 0 Å². The van der Waals surface area contributed by atoms with Crippen LogP contribution in [0.1, 0.15) is 19.8 Å². The first-order valence-electron chi connectivity index (χ1n) is 6.14. The van der Waals surface area contributed by atoms with E-state index in [1.54, 1.807) is 6.07 Å². The van der Waals surface area contributed by atoms with E-state index < -0.39 is 0 Å². The summed E-state index contributed by atoms with van der Waals surface area (Å²) in [4.78, 5) is 2.20. The van der Waals surface area contributed by atoms with Crippen molar-refractivity contribution in [2.24, 2.45) is 0 Å². The van der Waals surface area contributed by atoms with Gasteiger partial charge in [0.15, 0.2) is 0 Å². The minimum absolute atomic E-state index is 0.189. The van der Waals surface area contributed by atoms with Crippen LogP contribution < -0.4 is 10.2 Å². The molecular weight excluding hydrogens is 239 g/mol. The number of benzene rings is 1. The van der Waals surface area contributed by atoms with Gasteiger partial charge in [-0.3, -0.25) is 0 Å². The van der Waals surface area contributed by atoms with Gasteiger partial charge in [-0.15, -0.1) is 0 Å². The molecule has 0 saturated carbocycles. The summed E-state index contributed by atoms with van der Waals surface area (Å²) in [6.45, 7) is 5.13. The van der Waals surface area contributed by atoms with E-state index in [1.807, 2.05) is 6.07 Å². The summed E-state index contributed by atoms with van der Waals surface area (Å²) >= 11 is 5.68. The summed E-state index contributed by atoms with van der Waals surface area (Å²) in [5, 5.41) is 3.68. The zero-order chi connectivity index (χ0) is 12.3. The van der Waals surface area contributed by atoms with Gasteiger partial charge in [0.1, 0.15) is 5.82 Å². The average Bonchev–Trinajstić information content (AvgIpc) is 2.79. The molecule has 1 saturated heterocycles. The number of hydrogen-bond donors (Lipinski definition) is 1. The van der Waals surface area contributed by atoms with Crippen molar-refractivity contribution in [1.82, 2.24) is 5.32 Å². The Hall–Kier alpha value is -0.800. The lowest BCUT2D eigenvalue weighted by Gasteiger charge is -2.19. The highest BCUT2D eigenvalue weighted by atomic mass is 35.5. The van der Waals surface area contributed by atoms with Crippen LogP contribution in [-0.4, -0.2) is 25.7 Å². The molecule has 17 heavy (non-hydrogen) atoms. The van der Waals surface area contributed by atoms with Gasteiger partial charge in [-0.25, -0.2) is 4.39 Å². The first kappa shape index (κ1) is 12.7. The first-order chi connectivity index (χ1) is 8.20. The van der Waals surface area contributed by atoms with Gasteiger partial charge in [-0.05, 0) is 37.6 Å². The van der Waals surface area contributed by atoms with Gasteiger partial charge in [0.05, 0.1) is 5.02 Å². The predicted molar refractivity (Wildman–Crippen MR) is 70.3 cm³/mol. The molecule has 0 spiro atoms. The number of halogens is 2. The molecule has 1 aromatic rings. The van der Waals surface area contributed by atoms with E-state index in [9.17, 15) is 4.39 Å². The maximum atomic E-state index is 13.4. The number of rotatable bonds is 4. The predicted octanol–water partition coefficient (Wildman–Crippen LogP) is 3.06. The Kier molecular flexibility index (Phi) is 4.24. The average molecular weight is 257 g/mol. The molecule has 2 nitrogen and oxygen atoms in total. The Bertz CT molecular complexity index is 384. The second-order valence-electron chi connectivity index (χ2n) is 4.48. The van der Waals surface area contributed by atoms with Crippen LogP contribution in [0, 0.1) is 5.82 Å². The Morgan fingerprint density at radius 2 is 2.35 bits per heavy atom. The summed E-state index contributed by atoms with van der Waals surface area (Å²) in [5.74, 6) is -0.339. The van der Waals surface area contributed by atoms with Crippen LogP contribution in [0.3, 0.4) is 0 Å². The molecule has 1 aliphatic rings. The zero-order valence-electron chi connectivity index (χ0n) is 10.0. The number of hydrogen-bond acceptors (Lipinski definition) is 2. The first-order valence-corrected chi connectivity index (χ1v) is 6.52. The standard InChI is InChI=1S/C13H18ClFN2/c1-2-6-16-10-5-7-17(9-10)11-3-4-12(14)13(15)8-11/h3-4,8,10,16H,2,5-7,9H2,1H3. The SMILES string of the molecule is CCCNC1CCN(c2ccc(Cl)c(F)c2)C1. The van der Waals surface area contributed by atoms with E-state index in [1.165, 1.54) is 6.07 Å². The van der Waals surface area contributed by atoms with Crippen LogP contribution in [-0.2, 0) is 0 Å². The van der Waals surface area contributed by atoms with Crippen LogP contribution in [0.2, 0.25) is 5.02 Å². The quantitative estimate of drug-likeness (QED) is 0.891. The highest BCUT2D eigenvalue weighted by molar-refractivity contribution is 6.30. The van der Waals surface area contributed by atoms with Crippen molar-refractivity contribution in [1.29, 1.82) is 0 Å². The van der Waals surface area contributed by atoms with Crippen LogP contribution in [0.25, 0.3) is 0 Å². The summed E-state index contributed by atoms with van der Waals surface area (Å²) < 4.78 is 13.4. The highest BCUT2D eigenvalue weighted by Crippen LogP contribution is 2.24. The number of nitrogens with one attached hydrogen (secondary N) is 1. The molecular formula is C13H18ClFN2. The lowest BCUT2D eigenvalue weighted by atomic mass is 10.2. The van der Waals surface area contributed by atoms with E-state index >= 15 is 0 Å². The minimum Gasteiger partial charge on any atom is -0.370 e. The molecule has 1 fully saturated rings. The molecule has 1 aromatic carbocycles. The molecule has 0 radical (unpaired) electrons. The van der Waals surface area contributed by atoms with E-state index in [2.05, 4.69) is 17.1 Å². The fourth-order valence-electron chi connectivity index (χ4n) is 2.19. The molecule has 0 bridgehead atoms. The van der Waals surface area contributed by atoms with Gasteiger partial charge in [0.2, 0.25) is 0 Å². The van der Waals surface area contributed by atoms with Crippen LogP contribution in [0.5, 0.6) is 0 Å². The Balaban J connectivity index is 1.97. The second kappa shape index (κ2) is 5.69. The van der Waals surface area contributed by atoms with Gasteiger partial charge in [0, 0.05) is 24.8 Å². The monoisotopic (exact) mass is 256 g/mol. The topological polar surface area (TPSA) is 15.3 Å². The summed E-state index contributed by atoms with van der Waals surface area (Å²) in [7, 11) is 0. The Morgan fingerprint density at radius 1 is 1.53 bits per heavy atom. The summed E-state index contributed by atoms with van der Waals surface area (Å²) in [5.41, 5.74) is 0.924. The highest BCUT2D eigenvalue weighted by Gasteiger charge is 2.22. The zero-order valence-corrected chi connectivity index (χ0v) is 10.8. The van der Waals surface area contributed by atoms with Gasteiger partial charge in [0.25, 0.3) is 0 Å². The molecule has 0 amide bonds. The summed E-state index contributed by atoms with van der Waals surface area (Å²) in [6, 6.07) is 5.55. The second-order valence-corrected chi connectivity index (χ2v) is 4.89. The molecule has 94 valence electrons. The Labute approximate surface area is 107 Å². The van der Waals surface area contributed by atoms with E-state index in [0.717, 1.165) is 38.2 Å². The van der Waals surface area contributed by atoms with Crippen molar-refractivity contribution < 1.29 is 4.39 Å². The maximum Gasteiger partial charge on any atom is 0.143 e. The molecule has 0 aromatic heterocycles. The van der Waals surface area contributed by atoms with Gasteiger partial charge in [-0.1, -0.05) is 18.5 Å². The van der Waals surface area contributed by atoms with Crippen molar-refractivity contribution in [2.45, 2.75) is 25.8 Å². The molecule has 1 atom stereocenters. The van der Waals surface area contributed by atoms with Crippen LogP contribution in [0.4, 0.5) is 10.1 Å². The smallest absolute Gasteiger partial charge is 0.143 e. The number of anilines is 1.